The Hall–Kier alpha value is -2.25. The fourth-order valence-electron chi connectivity index (χ4n) is 3.06. The molecular formula is C20H23FN2O3S. The Kier molecular flexibility index (Phi) is 5.92. The molecule has 1 N–H and O–H groups in total. The van der Waals surface area contributed by atoms with Crippen molar-refractivity contribution in [2.75, 3.05) is 18.4 Å². The molecule has 0 aromatic heterocycles. The molecule has 1 heterocycles. The van der Waals surface area contributed by atoms with Crippen molar-refractivity contribution in [3.05, 3.63) is 59.4 Å². The molecular weight excluding hydrogens is 367 g/mol. The molecule has 1 aliphatic rings. The standard InChI is InChI=1S/C20H23FN2O3S/c1-15-4-8-17(14-19(15)21)22-20(24)11-7-16-5-9-18(10-6-16)27(25,26)23-12-2-3-13-23/h4-6,8-10,14H,2-3,7,11-13H2,1H3,(H,22,24). The lowest BCUT2D eigenvalue weighted by molar-refractivity contribution is -0.116. The van der Waals surface area contributed by atoms with E-state index in [4.69, 9.17) is 0 Å². The lowest BCUT2D eigenvalue weighted by Crippen LogP contribution is -2.27. The number of nitrogens with zero attached hydrogens (tertiary/aromatic N) is 1. The number of rotatable bonds is 6. The van der Waals surface area contributed by atoms with Crippen molar-refractivity contribution < 1.29 is 17.6 Å². The lowest BCUT2D eigenvalue weighted by Gasteiger charge is -2.15. The van der Waals surface area contributed by atoms with Crippen LogP contribution in [0.1, 0.15) is 30.4 Å². The van der Waals surface area contributed by atoms with Gasteiger partial charge in [0.1, 0.15) is 5.82 Å². The molecule has 0 radical (unpaired) electrons. The van der Waals surface area contributed by atoms with E-state index in [2.05, 4.69) is 5.32 Å². The summed E-state index contributed by atoms with van der Waals surface area (Å²) in [7, 11) is -3.42. The van der Waals surface area contributed by atoms with Gasteiger partial charge in [-0.3, -0.25) is 4.79 Å². The van der Waals surface area contributed by atoms with Crippen molar-refractivity contribution in [3.8, 4) is 0 Å². The van der Waals surface area contributed by atoms with Gasteiger partial charge in [0.25, 0.3) is 0 Å². The largest absolute Gasteiger partial charge is 0.326 e. The van der Waals surface area contributed by atoms with Crippen molar-refractivity contribution >= 4 is 21.6 Å². The molecule has 0 atom stereocenters. The molecule has 0 spiro atoms. The molecule has 1 amide bonds. The van der Waals surface area contributed by atoms with Gasteiger partial charge in [0.15, 0.2) is 0 Å². The van der Waals surface area contributed by atoms with Crippen LogP contribution in [0.2, 0.25) is 0 Å². The van der Waals surface area contributed by atoms with Crippen LogP contribution in [0.5, 0.6) is 0 Å². The Bertz CT molecular complexity index is 921. The Morgan fingerprint density at radius 2 is 1.78 bits per heavy atom. The summed E-state index contributed by atoms with van der Waals surface area (Å²) in [5.74, 6) is -0.574. The van der Waals surface area contributed by atoms with Crippen LogP contribution in [0.4, 0.5) is 10.1 Å². The van der Waals surface area contributed by atoms with Gasteiger partial charge >= 0.3 is 0 Å². The average molecular weight is 390 g/mol. The zero-order chi connectivity index (χ0) is 19.4. The van der Waals surface area contributed by atoms with Crippen LogP contribution in [-0.4, -0.2) is 31.7 Å². The van der Waals surface area contributed by atoms with E-state index in [0.29, 0.717) is 30.8 Å². The van der Waals surface area contributed by atoms with Gasteiger partial charge in [-0.15, -0.1) is 0 Å². The molecule has 144 valence electrons. The molecule has 0 bridgehead atoms. The van der Waals surface area contributed by atoms with Gasteiger partial charge in [0.05, 0.1) is 4.90 Å². The van der Waals surface area contributed by atoms with Crippen molar-refractivity contribution in [3.63, 3.8) is 0 Å². The van der Waals surface area contributed by atoms with Crippen molar-refractivity contribution in [2.24, 2.45) is 0 Å². The number of hydrogen-bond donors (Lipinski definition) is 1. The number of carbonyl (C=O) groups excluding carboxylic acids is 1. The second kappa shape index (κ2) is 8.19. The molecule has 0 aliphatic carbocycles. The highest BCUT2D eigenvalue weighted by atomic mass is 32.2. The van der Waals surface area contributed by atoms with Crippen LogP contribution in [0.3, 0.4) is 0 Å². The molecule has 27 heavy (non-hydrogen) atoms. The molecule has 1 saturated heterocycles. The maximum Gasteiger partial charge on any atom is 0.243 e. The molecule has 2 aromatic rings. The van der Waals surface area contributed by atoms with E-state index in [0.717, 1.165) is 18.4 Å². The summed E-state index contributed by atoms with van der Waals surface area (Å²) in [6, 6.07) is 11.2. The third-order valence-corrected chi connectivity index (χ3v) is 6.64. The second-order valence-electron chi connectivity index (χ2n) is 6.77. The summed E-state index contributed by atoms with van der Waals surface area (Å²) in [5, 5.41) is 2.67. The predicted octanol–water partition coefficient (Wildman–Crippen LogP) is 3.49. The van der Waals surface area contributed by atoms with Crippen molar-refractivity contribution in [2.45, 2.75) is 37.5 Å². The quantitative estimate of drug-likeness (QED) is 0.821. The van der Waals surface area contributed by atoms with Crippen LogP contribution in [0.15, 0.2) is 47.4 Å². The Balaban J connectivity index is 1.56. The summed E-state index contributed by atoms with van der Waals surface area (Å²) < 4.78 is 40.0. The molecule has 2 aromatic carbocycles. The van der Waals surface area contributed by atoms with Crippen LogP contribution < -0.4 is 5.32 Å². The van der Waals surface area contributed by atoms with Crippen LogP contribution in [-0.2, 0) is 21.2 Å². The minimum absolute atomic E-state index is 0.216. The maximum atomic E-state index is 13.5. The van der Waals surface area contributed by atoms with Crippen LogP contribution in [0.25, 0.3) is 0 Å². The van der Waals surface area contributed by atoms with E-state index >= 15 is 0 Å². The number of halogens is 1. The predicted molar refractivity (Wildman–Crippen MR) is 103 cm³/mol. The Morgan fingerprint density at radius 3 is 2.41 bits per heavy atom. The van der Waals surface area contributed by atoms with E-state index in [-0.39, 0.29) is 23.0 Å². The van der Waals surface area contributed by atoms with E-state index in [1.165, 1.54) is 10.4 Å². The molecule has 7 heteroatoms. The number of hydrogen-bond acceptors (Lipinski definition) is 3. The normalized spacial score (nSPS) is 15.0. The number of sulfonamides is 1. The Labute approximate surface area is 159 Å². The molecule has 1 aliphatic heterocycles. The molecule has 5 nitrogen and oxygen atoms in total. The number of amides is 1. The number of nitrogens with one attached hydrogen (secondary N) is 1. The van der Waals surface area contributed by atoms with Gasteiger partial charge in [-0.2, -0.15) is 4.31 Å². The molecule has 0 unspecified atom stereocenters. The van der Waals surface area contributed by atoms with E-state index in [1.807, 2.05) is 0 Å². The zero-order valence-corrected chi connectivity index (χ0v) is 16.1. The lowest BCUT2D eigenvalue weighted by atomic mass is 10.1. The smallest absolute Gasteiger partial charge is 0.243 e. The first-order chi connectivity index (χ1) is 12.9. The summed E-state index contributed by atoms with van der Waals surface area (Å²) in [6.45, 7) is 2.81. The van der Waals surface area contributed by atoms with Crippen molar-refractivity contribution in [1.82, 2.24) is 4.31 Å². The van der Waals surface area contributed by atoms with Gasteiger partial charge in [-0.1, -0.05) is 18.2 Å². The van der Waals surface area contributed by atoms with Gasteiger partial charge in [-0.05, 0) is 61.6 Å². The summed E-state index contributed by atoms with van der Waals surface area (Å²) in [6.07, 6.45) is 2.51. The first-order valence-electron chi connectivity index (χ1n) is 9.01. The maximum absolute atomic E-state index is 13.5. The van der Waals surface area contributed by atoms with Gasteiger partial charge in [0, 0.05) is 25.2 Å². The zero-order valence-electron chi connectivity index (χ0n) is 15.2. The van der Waals surface area contributed by atoms with E-state index in [9.17, 15) is 17.6 Å². The minimum Gasteiger partial charge on any atom is -0.326 e. The van der Waals surface area contributed by atoms with E-state index in [1.54, 1.807) is 43.3 Å². The molecule has 1 fully saturated rings. The number of benzene rings is 2. The summed E-state index contributed by atoms with van der Waals surface area (Å²) in [5.41, 5.74) is 1.83. The first kappa shape index (κ1) is 19.5. The van der Waals surface area contributed by atoms with Crippen molar-refractivity contribution in [1.29, 1.82) is 0 Å². The second-order valence-corrected chi connectivity index (χ2v) is 8.71. The van der Waals surface area contributed by atoms with Gasteiger partial charge in [0.2, 0.25) is 15.9 Å². The number of aryl methyl sites for hydroxylation is 2. The third kappa shape index (κ3) is 4.73. The summed E-state index contributed by atoms with van der Waals surface area (Å²) in [4.78, 5) is 12.3. The highest BCUT2D eigenvalue weighted by molar-refractivity contribution is 7.89. The Morgan fingerprint density at radius 1 is 1.11 bits per heavy atom. The van der Waals surface area contributed by atoms with Gasteiger partial charge in [-0.25, -0.2) is 12.8 Å². The number of anilines is 1. The van der Waals surface area contributed by atoms with E-state index < -0.39 is 10.0 Å². The highest BCUT2D eigenvalue weighted by Crippen LogP contribution is 2.21. The highest BCUT2D eigenvalue weighted by Gasteiger charge is 2.26. The molecule has 3 rings (SSSR count). The van der Waals surface area contributed by atoms with Crippen LogP contribution in [0, 0.1) is 12.7 Å². The van der Waals surface area contributed by atoms with Gasteiger partial charge < -0.3 is 5.32 Å². The SMILES string of the molecule is Cc1ccc(NC(=O)CCc2ccc(S(=O)(=O)N3CCCC3)cc2)cc1F. The summed E-state index contributed by atoms with van der Waals surface area (Å²) >= 11 is 0. The fourth-order valence-corrected chi connectivity index (χ4v) is 4.57. The minimum atomic E-state index is -3.42. The average Bonchev–Trinajstić information content (AvgIpc) is 3.19. The van der Waals surface area contributed by atoms with Crippen LogP contribution >= 0.6 is 0 Å². The topological polar surface area (TPSA) is 66.5 Å². The number of carbonyl (C=O) groups is 1. The monoisotopic (exact) mass is 390 g/mol. The fraction of sp³-hybridized carbons (Fsp3) is 0.350. The third-order valence-electron chi connectivity index (χ3n) is 4.72. The molecule has 0 saturated carbocycles. The first-order valence-corrected chi connectivity index (χ1v) is 10.5.